The van der Waals surface area contributed by atoms with Crippen LogP contribution < -0.4 is 5.32 Å². The van der Waals surface area contributed by atoms with Crippen LogP contribution in [0.25, 0.3) is 0 Å². The number of hydrogen-bond donors (Lipinski definition) is 2. The first-order chi connectivity index (χ1) is 8.29. The Bertz CT molecular complexity index is 289. The van der Waals surface area contributed by atoms with Gasteiger partial charge in [0.25, 0.3) is 0 Å². The van der Waals surface area contributed by atoms with Crippen molar-refractivity contribution in [2.45, 2.75) is 18.6 Å². The fourth-order valence-electron chi connectivity index (χ4n) is 1.62. The maximum atomic E-state index is 11.8. The molecule has 0 aromatic rings. The Morgan fingerprint density at radius 3 is 2.83 bits per heavy atom. The number of alkyl halides is 3. The topological polar surface area (TPSA) is 87.9 Å². The Balaban J connectivity index is 2.27. The first kappa shape index (κ1) is 15.1. The minimum Gasteiger partial charge on any atom is -0.389 e. The largest absolute Gasteiger partial charge is 0.411 e. The molecule has 1 aliphatic heterocycles. The van der Waals surface area contributed by atoms with Crippen molar-refractivity contribution in [2.24, 2.45) is 0 Å². The molecule has 2 N–H and O–H groups in total. The van der Waals surface area contributed by atoms with Crippen molar-refractivity contribution in [1.82, 2.24) is 10.2 Å². The third-order valence-electron chi connectivity index (χ3n) is 2.29. The number of nitro groups is 1. The van der Waals surface area contributed by atoms with Gasteiger partial charge >= 0.3 is 12.5 Å². The van der Waals surface area contributed by atoms with Crippen molar-refractivity contribution in [2.75, 3.05) is 32.8 Å². The molecule has 7 nitrogen and oxygen atoms in total. The van der Waals surface area contributed by atoms with E-state index >= 15 is 0 Å². The second-order valence-corrected chi connectivity index (χ2v) is 3.89. The van der Waals surface area contributed by atoms with Crippen LogP contribution in [0.5, 0.6) is 0 Å². The Kier molecular flexibility index (Phi) is 5.26. The summed E-state index contributed by atoms with van der Waals surface area (Å²) in [5.41, 5.74) is 0. The van der Waals surface area contributed by atoms with Crippen molar-refractivity contribution in [3.63, 3.8) is 0 Å². The summed E-state index contributed by atoms with van der Waals surface area (Å²) in [7, 11) is 0. The number of nitrogens with one attached hydrogen (secondary N) is 1. The Hall–Kier alpha value is -0.970. The first-order valence-electron chi connectivity index (χ1n) is 5.23. The fraction of sp³-hybridized carbons (Fsp3) is 1.00. The summed E-state index contributed by atoms with van der Waals surface area (Å²) in [5.74, 6) is 0. The molecule has 0 spiro atoms. The van der Waals surface area contributed by atoms with E-state index in [2.05, 4.69) is 10.1 Å². The highest BCUT2D eigenvalue weighted by Gasteiger charge is 2.34. The molecule has 1 rings (SSSR count). The number of aliphatic hydroxyl groups is 1. The zero-order valence-corrected chi connectivity index (χ0v) is 9.39. The molecule has 0 aromatic carbocycles. The van der Waals surface area contributed by atoms with E-state index in [-0.39, 0.29) is 6.54 Å². The zero-order valence-electron chi connectivity index (χ0n) is 9.39. The molecule has 0 amide bonds. The summed E-state index contributed by atoms with van der Waals surface area (Å²) in [4.78, 5) is 11.4. The normalized spacial score (nSPS) is 23.2. The summed E-state index contributed by atoms with van der Waals surface area (Å²) in [6.07, 6.45) is -6.75. The molecule has 0 radical (unpaired) electrons. The molecule has 0 aliphatic carbocycles. The van der Waals surface area contributed by atoms with E-state index in [0.717, 1.165) is 0 Å². The van der Waals surface area contributed by atoms with Gasteiger partial charge in [-0.3, -0.25) is 10.1 Å². The minimum absolute atomic E-state index is 0.115. The van der Waals surface area contributed by atoms with Gasteiger partial charge < -0.3 is 9.84 Å². The summed E-state index contributed by atoms with van der Waals surface area (Å²) >= 11 is 0. The molecular weight excluding hydrogens is 259 g/mol. The van der Waals surface area contributed by atoms with Gasteiger partial charge in [0.1, 0.15) is 6.61 Å². The molecular formula is C8H14F3N3O4. The van der Waals surface area contributed by atoms with Crippen LogP contribution in [0.1, 0.15) is 0 Å². The van der Waals surface area contributed by atoms with Crippen molar-refractivity contribution >= 4 is 0 Å². The molecule has 2 atom stereocenters. The van der Waals surface area contributed by atoms with Gasteiger partial charge in [0.2, 0.25) is 0 Å². The third-order valence-corrected chi connectivity index (χ3v) is 2.29. The van der Waals surface area contributed by atoms with Crippen molar-refractivity contribution in [1.29, 1.82) is 0 Å². The fourth-order valence-corrected chi connectivity index (χ4v) is 1.62. The maximum absolute atomic E-state index is 11.8. The lowest BCUT2D eigenvalue weighted by Gasteiger charge is -2.20. The Morgan fingerprint density at radius 1 is 1.61 bits per heavy atom. The van der Waals surface area contributed by atoms with Crippen molar-refractivity contribution in [3.8, 4) is 0 Å². The number of hydrogen-bond acceptors (Lipinski definition) is 6. The van der Waals surface area contributed by atoms with E-state index in [1.165, 1.54) is 4.90 Å². The van der Waals surface area contributed by atoms with Gasteiger partial charge in [-0.15, -0.1) is 0 Å². The predicted molar refractivity (Wildman–Crippen MR) is 53.2 cm³/mol. The van der Waals surface area contributed by atoms with Gasteiger partial charge in [-0.1, -0.05) is 0 Å². The molecule has 2 unspecified atom stereocenters. The highest BCUT2D eigenvalue weighted by Crippen LogP contribution is 2.14. The van der Waals surface area contributed by atoms with Gasteiger partial charge in [0, 0.05) is 19.6 Å². The Morgan fingerprint density at radius 2 is 2.28 bits per heavy atom. The van der Waals surface area contributed by atoms with Crippen LogP contribution >= 0.6 is 0 Å². The average molecular weight is 273 g/mol. The van der Waals surface area contributed by atoms with Gasteiger partial charge in [-0.05, 0) is 0 Å². The molecule has 106 valence electrons. The third kappa shape index (κ3) is 5.12. The van der Waals surface area contributed by atoms with Crippen LogP contribution in [0.3, 0.4) is 0 Å². The quantitative estimate of drug-likeness (QED) is 0.496. The number of aliphatic hydroxyl groups excluding tert-OH is 1. The number of halogens is 3. The van der Waals surface area contributed by atoms with Crippen LogP contribution in [0.15, 0.2) is 0 Å². The summed E-state index contributed by atoms with van der Waals surface area (Å²) in [6.45, 7) is -1.33. The van der Waals surface area contributed by atoms with E-state index in [4.69, 9.17) is 0 Å². The molecule has 18 heavy (non-hydrogen) atoms. The number of rotatable bonds is 6. The van der Waals surface area contributed by atoms with Gasteiger partial charge in [-0.25, -0.2) is 10.2 Å². The molecule has 0 saturated carbocycles. The average Bonchev–Trinajstić information content (AvgIpc) is 2.63. The van der Waals surface area contributed by atoms with E-state index in [9.17, 15) is 28.4 Å². The predicted octanol–water partition coefficient (Wildman–Crippen LogP) is -0.608. The molecule has 1 fully saturated rings. The van der Waals surface area contributed by atoms with E-state index < -0.39 is 36.7 Å². The van der Waals surface area contributed by atoms with E-state index in [1.807, 2.05) is 0 Å². The summed E-state index contributed by atoms with van der Waals surface area (Å²) in [6, 6.07) is 0. The maximum Gasteiger partial charge on any atom is 0.411 e. The standard InChI is InChI=1S/C8H14F3N3O4/c9-8(10,11)5-18-4-6(15)3-13-2-1-12-7(13)14(16)17/h6-7,12,15H,1-5H2. The van der Waals surface area contributed by atoms with Crippen LogP contribution in [0.4, 0.5) is 13.2 Å². The van der Waals surface area contributed by atoms with Gasteiger partial charge in [-0.2, -0.15) is 13.2 Å². The van der Waals surface area contributed by atoms with Crippen LogP contribution in [0, 0.1) is 10.1 Å². The zero-order chi connectivity index (χ0) is 13.8. The van der Waals surface area contributed by atoms with Crippen molar-refractivity contribution in [3.05, 3.63) is 10.1 Å². The summed E-state index contributed by atoms with van der Waals surface area (Å²) in [5, 5.41) is 22.6. The minimum atomic E-state index is -4.45. The molecule has 1 saturated heterocycles. The second-order valence-electron chi connectivity index (χ2n) is 3.89. The smallest absolute Gasteiger partial charge is 0.389 e. The van der Waals surface area contributed by atoms with Crippen LogP contribution in [-0.4, -0.2) is 66.3 Å². The Labute approximate surface area is 101 Å². The number of ether oxygens (including phenoxy) is 1. The number of nitrogens with zero attached hydrogens (tertiary/aromatic N) is 2. The highest BCUT2D eigenvalue weighted by molar-refractivity contribution is 4.73. The lowest BCUT2D eigenvalue weighted by Crippen LogP contribution is -2.46. The van der Waals surface area contributed by atoms with E-state index in [0.29, 0.717) is 13.1 Å². The first-order valence-corrected chi connectivity index (χ1v) is 5.23. The molecule has 1 heterocycles. The highest BCUT2D eigenvalue weighted by atomic mass is 19.4. The van der Waals surface area contributed by atoms with Crippen LogP contribution in [-0.2, 0) is 4.74 Å². The molecule has 0 bridgehead atoms. The lowest BCUT2D eigenvalue weighted by molar-refractivity contribution is -0.552. The van der Waals surface area contributed by atoms with Crippen molar-refractivity contribution < 1.29 is 27.9 Å². The SMILES string of the molecule is O=[N+]([O-])C1NCCN1CC(O)COCC(F)(F)F. The second kappa shape index (κ2) is 6.27. The molecule has 1 aliphatic rings. The van der Waals surface area contributed by atoms with E-state index in [1.54, 1.807) is 0 Å². The monoisotopic (exact) mass is 273 g/mol. The number of β-amino-alcohol motifs (C(OH)–C–C–N with tert-alkyl or cyclic N) is 1. The molecule has 0 aromatic heterocycles. The lowest BCUT2D eigenvalue weighted by atomic mass is 10.3. The summed E-state index contributed by atoms with van der Waals surface area (Å²) < 4.78 is 39.6. The molecule has 10 heteroatoms. The van der Waals surface area contributed by atoms with Crippen LogP contribution in [0.2, 0.25) is 0 Å². The van der Waals surface area contributed by atoms with Gasteiger partial charge in [0.05, 0.1) is 17.6 Å². The van der Waals surface area contributed by atoms with Gasteiger partial charge in [0.15, 0.2) is 0 Å².